The number of aromatic nitrogens is 3. The number of sulfonamides is 1. The van der Waals surface area contributed by atoms with E-state index in [1.54, 1.807) is 12.3 Å². The minimum Gasteiger partial charge on any atom is -0.351 e. The number of halogens is 3. The molecule has 10 nitrogen and oxygen atoms in total. The summed E-state index contributed by atoms with van der Waals surface area (Å²) >= 11 is 1.31. The zero-order valence-electron chi connectivity index (χ0n) is 24.9. The lowest BCUT2D eigenvalue weighted by atomic mass is 10.1. The maximum absolute atomic E-state index is 16.2. The molecule has 2 unspecified atom stereocenters. The van der Waals surface area contributed by atoms with Crippen LogP contribution in [0.4, 0.5) is 29.9 Å². The third-order valence-electron chi connectivity index (χ3n) is 8.25. The number of rotatable bonds is 8. The van der Waals surface area contributed by atoms with E-state index in [4.69, 9.17) is 4.98 Å². The Morgan fingerprint density at radius 2 is 1.57 bits per heavy atom. The highest BCUT2D eigenvalue weighted by atomic mass is 32.2. The molecule has 4 heterocycles. The molecule has 6 rings (SSSR count). The summed E-state index contributed by atoms with van der Waals surface area (Å²) in [4.78, 5) is 15.3. The second-order valence-corrected chi connectivity index (χ2v) is 16.4. The number of anilines is 3. The van der Waals surface area contributed by atoms with Crippen LogP contribution < -0.4 is 14.9 Å². The Kier molecular flexibility index (Phi) is 8.71. The number of thiazole rings is 1. The van der Waals surface area contributed by atoms with Crippen LogP contribution in [0.15, 0.2) is 53.6 Å². The van der Waals surface area contributed by atoms with E-state index >= 15 is 4.39 Å². The highest BCUT2D eigenvalue weighted by Crippen LogP contribution is 2.44. The van der Waals surface area contributed by atoms with Crippen LogP contribution in [0.2, 0.25) is 0 Å². The number of nitrogens with zero attached hydrogens (tertiary/aromatic N) is 4. The third-order valence-corrected chi connectivity index (χ3v) is 12.5. The summed E-state index contributed by atoms with van der Waals surface area (Å²) in [5.74, 6) is -3.19. The largest absolute Gasteiger partial charge is 0.351 e. The smallest absolute Gasteiger partial charge is 0.267 e. The first-order chi connectivity index (χ1) is 21.8. The van der Waals surface area contributed by atoms with E-state index in [9.17, 15) is 25.6 Å². The Hall–Kier alpha value is -3.76. The molecule has 0 spiro atoms. The summed E-state index contributed by atoms with van der Waals surface area (Å²) in [6.07, 6.45) is 4.27. The summed E-state index contributed by atoms with van der Waals surface area (Å²) in [5, 5.41) is 3.84. The van der Waals surface area contributed by atoms with Crippen LogP contribution in [-0.4, -0.2) is 61.4 Å². The fourth-order valence-electron chi connectivity index (χ4n) is 5.85. The second-order valence-electron chi connectivity index (χ2n) is 11.5. The molecule has 2 aliphatic rings. The van der Waals surface area contributed by atoms with E-state index in [0.29, 0.717) is 28.5 Å². The lowest BCUT2D eigenvalue weighted by Crippen LogP contribution is -2.32. The van der Waals surface area contributed by atoms with E-state index in [1.807, 2.05) is 4.72 Å². The van der Waals surface area contributed by atoms with Gasteiger partial charge < -0.3 is 10.2 Å². The zero-order valence-corrected chi connectivity index (χ0v) is 27.3. The monoisotopic (exact) mass is 692 g/mol. The van der Waals surface area contributed by atoms with Crippen LogP contribution in [-0.2, 0) is 19.9 Å². The first-order valence-electron chi connectivity index (χ1n) is 14.7. The summed E-state index contributed by atoms with van der Waals surface area (Å²) in [7, 11) is -7.90. The predicted octanol–water partition coefficient (Wildman–Crippen LogP) is 5.85. The third kappa shape index (κ3) is 6.42. The Morgan fingerprint density at radius 1 is 0.913 bits per heavy atom. The minimum atomic E-state index is -4.84. The molecule has 2 N–H and O–H groups in total. The number of hydrogen-bond donors (Lipinski definition) is 2. The SMILES string of the molecule is CC1CCC(C)N1c1nc(-c2cccc(NS(=O)(=O)c3c(F)cccc3F)c2F)c(-c2ccnc(NC3CCS(=O)(=O)CC3)n2)s1. The van der Waals surface area contributed by atoms with Crippen molar-refractivity contribution >= 4 is 48.0 Å². The van der Waals surface area contributed by atoms with Crippen molar-refractivity contribution in [1.29, 1.82) is 0 Å². The topological polar surface area (TPSA) is 134 Å². The molecule has 0 radical (unpaired) electrons. The number of benzene rings is 2. The molecular weight excluding hydrogens is 662 g/mol. The van der Waals surface area contributed by atoms with E-state index in [-0.39, 0.29) is 46.8 Å². The van der Waals surface area contributed by atoms with Gasteiger partial charge >= 0.3 is 0 Å². The average Bonchev–Trinajstić information content (AvgIpc) is 3.57. The van der Waals surface area contributed by atoms with Crippen molar-refractivity contribution in [2.75, 3.05) is 26.4 Å². The summed E-state index contributed by atoms with van der Waals surface area (Å²) in [5.41, 5.74) is 0.0750. The average molecular weight is 693 g/mol. The van der Waals surface area contributed by atoms with Gasteiger partial charge in [-0.1, -0.05) is 23.5 Å². The first-order valence-corrected chi connectivity index (χ1v) is 18.8. The van der Waals surface area contributed by atoms with Crippen molar-refractivity contribution in [2.45, 2.75) is 62.6 Å². The molecule has 2 aliphatic heterocycles. The van der Waals surface area contributed by atoms with Crippen molar-refractivity contribution in [1.82, 2.24) is 15.0 Å². The van der Waals surface area contributed by atoms with Crippen LogP contribution in [0.3, 0.4) is 0 Å². The van der Waals surface area contributed by atoms with Gasteiger partial charge in [0, 0.05) is 29.9 Å². The number of sulfone groups is 1. The van der Waals surface area contributed by atoms with Crippen LogP contribution in [0.1, 0.15) is 39.5 Å². The van der Waals surface area contributed by atoms with E-state index < -0.39 is 47.9 Å². The molecule has 16 heteroatoms. The molecule has 0 saturated carbocycles. The molecule has 4 aromatic rings. The Morgan fingerprint density at radius 3 is 2.24 bits per heavy atom. The van der Waals surface area contributed by atoms with Gasteiger partial charge in [0.2, 0.25) is 5.95 Å². The molecule has 46 heavy (non-hydrogen) atoms. The Bertz CT molecular complexity index is 1960. The Labute approximate surface area is 269 Å². The Balaban J connectivity index is 1.40. The summed E-state index contributed by atoms with van der Waals surface area (Å²) in [6, 6.07) is 8.51. The molecule has 2 aromatic heterocycles. The quantitative estimate of drug-likeness (QED) is 0.233. The fraction of sp³-hybridized carbons (Fsp3) is 0.367. The van der Waals surface area contributed by atoms with Gasteiger partial charge in [0.05, 0.1) is 33.5 Å². The first kappa shape index (κ1) is 32.2. The van der Waals surface area contributed by atoms with Gasteiger partial charge in [-0.2, -0.15) is 0 Å². The molecule has 2 saturated heterocycles. The van der Waals surface area contributed by atoms with Gasteiger partial charge in [-0.05, 0) is 69.9 Å². The molecule has 2 aromatic carbocycles. The number of nitrogens with one attached hydrogen (secondary N) is 2. The van der Waals surface area contributed by atoms with Crippen molar-refractivity contribution in [2.24, 2.45) is 0 Å². The second kappa shape index (κ2) is 12.4. The number of hydrogen-bond acceptors (Lipinski definition) is 10. The molecular formula is C30H31F3N6O4S3. The standard InChI is InChI=1S/C30H31F3N6O4S3/c1-17-9-10-18(2)39(17)30-37-26(27(44-30)24-11-14-34-29(36-24)35-19-12-15-45(40,41)16-13-19)20-5-3-8-23(25(20)33)38-46(42,43)28-21(31)6-4-7-22(28)32/h3-8,11,14,17-19,38H,9-10,12-13,15-16H2,1-2H3,(H,34,35,36). The van der Waals surface area contributed by atoms with Crippen molar-refractivity contribution < 1.29 is 30.0 Å². The van der Waals surface area contributed by atoms with Gasteiger partial charge in [0.1, 0.15) is 21.5 Å². The highest BCUT2D eigenvalue weighted by molar-refractivity contribution is 7.92. The molecule has 2 atom stereocenters. The van der Waals surface area contributed by atoms with Gasteiger partial charge in [-0.15, -0.1) is 0 Å². The lowest BCUT2D eigenvalue weighted by Gasteiger charge is -2.25. The van der Waals surface area contributed by atoms with Crippen molar-refractivity contribution in [3.63, 3.8) is 0 Å². The minimum absolute atomic E-state index is 0.0446. The normalized spacial score (nSPS) is 20.2. The van der Waals surface area contributed by atoms with Crippen molar-refractivity contribution in [3.8, 4) is 21.8 Å². The van der Waals surface area contributed by atoms with Crippen LogP contribution in [0.5, 0.6) is 0 Å². The molecule has 0 amide bonds. The molecule has 0 aliphatic carbocycles. The zero-order chi connectivity index (χ0) is 32.8. The maximum atomic E-state index is 16.2. The van der Waals surface area contributed by atoms with Crippen molar-refractivity contribution in [3.05, 3.63) is 66.1 Å². The van der Waals surface area contributed by atoms with Crippen LogP contribution >= 0.6 is 11.3 Å². The van der Waals surface area contributed by atoms with E-state index in [0.717, 1.165) is 37.1 Å². The maximum Gasteiger partial charge on any atom is 0.267 e. The predicted molar refractivity (Wildman–Crippen MR) is 172 cm³/mol. The van der Waals surface area contributed by atoms with Gasteiger partial charge in [-0.3, -0.25) is 4.72 Å². The molecule has 2 fully saturated rings. The fourth-order valence-corrected chi connectivity index (χ4v) is 9.79. The molecule has 244 valence electrons. The highest BCUT2D eigenvalue weighted by Gasteiger charge is 2.33. The van der Waals surface area contributed by atoms with Gasteiger partial charge in [0.25, 0.3) is 10.0 Å². The van der Waals surface area contributed by atoms with E-state index in [2.05, 4.69) is 34.0 Å². The van der Waals surface area contributed by atoms with Crippen LogP contribution in [0.25, 0.3) is 21.8 Å². The van der Waals surface area contributed by atoms with Crippen LogP contribution in [0, 0.1) is 17.5 Å². The lowest BCUT2D eigenvalue weighted by molar-refractivity contribution is 0.521. The van der Waals surface area contributed by atoms with Gasteiger partial charge in [0.15, 0.2) is 15.8 Å². The molecule has 0 bridgehead atoms. The van der Waals surface area contributed by atoms with E-state index in [1.165, 1.54) is 23.5 Å². The summed E-state index contributed by atoms with van der Waals surface area (Å²) < 4.78 is 96.7. The summed E-state index contributed by atoms with van der Waals surface area (Å²) in [6.45, 7) is 4.17. The van der Waals surface area contributed by atoms with Gasteiger partial charge in [-0.25, -0.2) is 45.0 Å².